The van der Waals surface area contributed by atoms with Gasteiger partial charge in [-0.25, -0.2) is 9.59 Å². The van der Waals surface area contributed by atoms with E-state index in [1.165, 1.54) is 12.0 Å². The molecule has 0 aliphatic carbocycles. The van der Waals surface area contributed by atoms with Crippen molar-refractivity contribution in [3.63, 3.8) is 0 Å². The van der Waals surface area contributed by atoms with Crippen LogP contribution in [0.3, 0.4) is 0 Å². The highest BCUT2D eigenvalue weighted by molar-refractivity contribution is 5.84. The molecule has 1 fully saturated rings. The molecule has 0 spiro atoms. The van der Waals surface area contributed by atoms with Crippen molar-refractivity contribution in [2.24, 2.45) is 0 Å². The lowest BCUT2D eigenvalue weighted by Crippen LogP contribution is -2.45. The van der Waals surface area contributed by atoms with Crippen molar-refractivity contribution in [3.8, 4) is 0 Å². The quantitative estimate of drug-likeness (QED) is 0.572. The van der Waals surface area contributed by atoms with Crippen LogP contribution >= 0.6 is 0 Å². The van der Waals surface area contributed by atoms with Crippen LogP contribution in [-0.4, -0.2) is 55.6 Å². The molecule has 0 aromatic carbocycles. The smallest absolute Gasteiger partial charge is 0.328 e. The maximum absolute atomic E-state index is 11.6. The van der Waals surface area contributed by atoms with Crippen LogP contribution in [0.1, 0.15) is 12.8 Å². The third kappa shape index (κ3) is 1.97. The van der Waals surface area contributed by atoms with Gasteiger partial charge in [-0.3, -0.25) is 0 Å². The minimum atomic E-state index is -0.394. The van der Waals surface area contributed by atoms with Crippen LogP contribution in [0.5, 0.6) is 0 Å². The van der Waals surface area contributed by atoms with E-state index in [1.54, 1.807) is 19.0 Å². The molecular weight excluding hydrogens is 184 g/mol. The highest BCUT2D eigenvalue weighted by atomic mass is 16.5. The van der Waals surface area contributed by atoms with E-state index in [9.17, 15) is 9.59 Å². The molecular formula is C9H16N2O3. The van der Waals surface area contributed by atoms with Gasteiger partial charge in [-0.05, 0) is 12.8 Å². The monoisotopic (exact) mass is 200 g/mol. The summed E-state index contributed by atoms with van der Waals surface area (Å²) in [5.41, 5.74) is 0. The van der Waals surface area contributed by atoms with Crippen LogP contribution in [0.25, 0.3) is 0 Å². The van der Waals surface area contributed by atoms with Crippen molar-refractivity contribution in [3.05, 3.63) is 0 Å². The van der Waals surface area contributed by atoms with Crippen molar-refractivity contribution in [2.75, 3.05) is 27.7 Å². The van der Waals surface area contributed by atoms with E-state index in [-0.39, 0.29) is 12.0 Å². The summed E-state index contributed by atoms with van der Waals surface area (Å²) in [4.78, 5) is 26.0. The molecule has 2 amide bonds. The highest BCUT2D eigenvalue weighted by Crippen LogP contribution is 2.19. The number of likely N-dealkylation sites (tertiary alicyclic amines) is 1. The summed E-state index contributed by atoms with van der Waals surface area (Å²) >= 11 is 0. The van der Waals surface area contributed by atoms with Crippen LogP contribution in [0, 0.1) is 0 Å². The Morgan fingerprint density at radius 3 is 2.57 bits per heavy atom. The van der Waals surface area contributed by atoms with Gasteiger partial charge in [0.25, 0.3) is 0 Å². The first kappa shape index (κ1) is 10.8. The molecule has 0 saturated carbocycles. The number of ether oxygens (including phenoxy) is 1. The molecule has 1 saturated heterocycles. The molecule has 1 atom stereocenters. The van der Waals surface area contributed by atoms with Crippen molar-refractivity contribution >= 4 is 12.0 Å². The van der Waals surface area contributed by atoms with Gasteiger partial charge in [-0.1, -0.05) is 0 Å². The predicted octanol–water partition coefficient (Wildman–Crippen LogP) is 0.305. The topological polar surface area (TPSA) is 49.9 Å². The Kier molecular flexibility index (Phi) is 3.33. The van der Waals surface area contributed by atoms with Crippen LogP contribution in [0.2, 0.25) is 0 Å². The van der Waals surface area contributed by atoms with Gasteiger partial charge in [0.15, 0.2) is 0 Å². The number of urea groups is 1. The molecule has 1 heterocycles. The number of amides is 2. The van der Waals surface area contributed by atoms with Crippen LogP contribution in [0.4, 0.5) is 4.79 Å². The number of carbonyl (C=O) groups excluding carboxylic acids is 2. The Morgan fingerprint density at radius 1 is 1.43 bits per heavy atom. The van der Waals surface area contributed by atoms with Crippen molar-refractivity contribution < 1.29 is 14.3 Å². The minimum Gasteiger partial charge on any atom is -0.467 e. The van der Waals surface area contributed by atoms with Gasteiger partial charge in [0.2, 0.25) is 0 Å². The van der Waals surface area contributed by atoms with E-state index in [4.69, 9.17) is 0 Å². The Balaban J connectivity index is 2.68. The van der Waals surface area contributed by atoms with Gasteiger partial charge in [-0.2, -0.15) is 0 Å². The zero-order valence-corrected chi connectivity index (χ0v) is 8.82. The van der Waals surface area contributed by atoms with Gasteiger partial charge >= 0.3 is 12.0 Å². The average molecular weight is 200 g/mol. The predicted molar refractivity (Wildman–Crippen MR) is 50.8 cm³/mol. The first-order chi connectivity index (χ1) is 6.57. The van der Waals surface area contributed by atoms with E-state index in [0.717, 1.165) is 6.42 Å². The van der Waals surface area contributed by atoms with Crippen molar-refractivity contribution in [2.45, 2.75) is 18.9 Å². The summed E-state index contributed by atoms with van der Waals surface area (Å²) in [7, 11) is 4.70. The zero-order chi connectivity index (χ0) is 10.7. The summed E-state index contributed by atoms with van der Waals surface area (Å²) in [6.07, 6.45) is 1.56. The first-order valence-corrected chi connectivity index (χ1v) is 4.63. The molecule has 1 aliphatic rings. The SMILES string of the molecule is COC(=O)[C@@H]1CCCN1C(=O)N(C)C. The van der Waals surface area contributed by atoms with Gasteiger partial charge < -0.3 is 14.5 Å². The first-order valence-electron chi connectivity index (χ1n) is 4.63. The second-order valence-electron chi connectivity index (χ2n) is 3.55. The number of hydrogen-bond donors (Lipinski definition) is 0. The molecule has 0 unspecified atom stereocenters. The normalized spacial score (nSPS) is 20.8. The molecule has 1 rings (SSSR count). The second-order valence-corrected chi connectivity index (χ2v) is 3.55. The van der Waals surface area contributed by atoms with E-state index in [0.29, 0.717) is 13.0 Å². The fraction of sp³-hybridized carbons (Fsp3) is 0.778. The van der Waals surface area contributed by atoms with Gasteiger partial charge in [-0.15, -0.1) is 0 Å². The Morgan fingerprint density at radius 2 is 2.07 bits per heavy atom. The molecule has 0 N–H and O–H groups in total. The zero-order valence-electron chi connectivity index (χ0n) is 8.82. The fourth-order valence-corrected chi connectivity index (χ4v) is 1.63. The summed E-state index contributed by atoms with van der Waals surface area (Å²) in [5, 5.41) is 0. The number of esters is 1. The Labute approximate surface area is 83.6 Å². The lowest BCUT2D eigenvalue weighted by molar-refractivity contribution is -0.145. The molecule has 0 aromatic rings. The maximum Gasteiger partial charge on any atom is 0.328 e. The van der Waals surface area contributed by atoms with Gasteiger partial charge in [0, 0.05) is 20.6 Å². The third-order valence-electron chi connectivity index (χ3n) is 2.35. The number of nitrogens with zero attached hydrogens (tertiary/aromatic N) is 2. The summed E-state index contributed by atoms with van der Waals surface area (Å²) in [6.45, 7) is 0.636. The lowest BCUT2D eigenvalue weighted by Gasteiger charge is -2.25. The largest absolute Gasteiger partial charge is 0.467 e. The molecule has 0 radical (unpaired) electrons. The lowest BCUT2D eigenvalue weighted by atomic mass is 10.2. The van der Waals surface area contributed by atoms with Gasteiger partial charge in [0.1, 0.15) is 6.04 Å². The second kappa shape index (κ2) is 4.30. The molecule has 1 aliphatic heterocycles. The van der Waals surface area contributed by atoms with Gasteiger partial charge in [0.05, 0.1) is 7.11 Å². The third-order valence-corrected chi connectivity index (χ3v) is 2.35. The number of rotatable bonds is 1. The highest BCUT2D eigenvalue weighted by Gasteiger charge is 2.35. The van der Waals surface area contributed by atoms with Crippen LogP contribution in [-0.2, 0) is 9.53 Å². The van der Waals surface area contributed by atoms with E-state index in [1.807, 2.05) is 0 Å². The number of carbonyl (C=O) groups is 2. The fourth-order valence-electron chi connectivity index (χ4n) is 1.63. The molecule has 5 nitrogen and oxygen atoms in total. The standard InChI is InChI=1S/C9H16N2O3/c1-10(2)9(13)11-6-4-5-7(11)8(12)14-3/h7H,4-6H2,1-3H3/t7-/m0/s1. The summed E-state index contributed by atoms with van der Waals surface area (Å²) in [6, 6.07) is -0.521. The number of hydrogen-bond acceptors (Lipinski definition) is 3. The van der Waals surface area contributed by atoms with E-state index < -0.39 is 6.04 Å². The summed E-state index contributed by atoms with van der Waals surface area (Å²) in [5.74, 6) is -0.322. The number of methoxy groups -OCH3 is 1. The van der Waals surface area contributed by atoms with Crippen molar-refractivity contribution in [1.29, 1.82) is 0 Å². The summed E-state index contributed by atoms with van der Waals surface area (Å²) < 4.78 is 4.64. The Hall–Kier alpha value is -1.26. The van der Waals surface area contributed by atoms with E-state index in [2.05, 4.69) is 4.74 Å². The average Bonchev–Trinajstić information content (AvgIpc) is 2.63. The minimum absolute atomic E-state index is 0.127. The molecule has 0 bridgehead atoms. The Bertz CT molecular complexity index is 240. The maximum atomic E-state index is 11.6. The van der Waals surface area contributed by atoms with E-state index >= 15 is 0 Å². The van der Waals surface area contributed by atoms with Crippen molar-refractivity contribution in [1.82, 2.24) is 9.80 Å². The molecule has 0 aromatic heterocycles. The molecule has 14 heavy (non-hydrogen) atoms. The molecule has 80 valence electrons. The van der Waals surface area contributed by atoms with Crippen LogP contribution in [0.15, 0.2) is 0 Å². The molecule has 5 heteroatoms. The van der Waals surface area contributed by atoms with Crippen LogP contribution < -0.4 is 0 Å².